The van der Waals surface area contributed by atoms with Crippen molar-refractivity contribution in [3.05, 3.63) is 79.4 Å². The van der Waals surface area contributed by atoms with Crippen molar-refractivity contribution in [3.63, 3.8) is 0 Å². The molecule has 0 radical (unpaired) electrons. The van der Waals surface area contributed by atoms with Crippen LogP contribution in [0.2, 0.25) is 0 Å². The highest BCUT2D eigenvalue weighted by atomic mass is 16.3. The largest absolute Gasteiger partial charge is 0.456 e. The number of furan rings is 2. The van der Waals surface area contributed by atoms with Crippen molar-refractivity contribution in [1.29, 1.82) is 0 Å². The molecule has 8 rings (SSSR count). The molecular formula is C26H13N3O2. The summed E-state index contributed by atoms with van der Waals surface area (Å²) in [6.07, 6.45) is 7.50. The number of benzene rings is 3. The lowest BCUT2D eigenvalue weighted by Gasteiger charge is -2.08. The van der Waals surface area contributed by atoms with E-state index in [2.05, 4.69) is 38.6 Å². The predicted octanol–water partition coefficient (Wildman–Crippen LogP) is 6.83. The molecule has 0 aliphatic carbocycles. The van der Waals surface area contributed by atoms with E-state index < -0.39 is 0 Å². The van der Waals surface area contributed by atoms with Crippen LogP contribution in [0.4, 0.5) is 0 Å². The van der Waals surface area contributed by atoms with Crippen LogP contribution in [0.25, 0.3) is 71.2 Å². The summed E-state index contributed by atoms with van der Waals surface area (Å²) >= 11 is 0. The molecule has 5 nitrogen and oxygen atoms in total. The second kappa shape index (κ2) is 5.21. The summed E-state index contributed by atoms with van der Waals surface area (Å²) in [7, 11) is 0. The highest BCUT2D eigenvalue weighted by molar-refractivity contribution is 6.25. The first-order valence-corrected chi connectivity index (χ1v) is 10.2. The van der Waals surface area contributed by atoms with Gasteiger partial charge in [0.05, 0.1) is 10.9 Å². The van der Waals surface area contributed by atoms with Crippen LogP contribution in [-0.4, -0.2) is 14.4 Å². The van der Waals surface area contributed by atoms with Gasteiger partial charge in [-0.25, -0.2) is 4.98 Å². The molecule has 0 aliphatic rings. The summed E-state index contributed by atoms with van der Waals surface area (Å²) < 4.78 is 14.7. The Kier molecular flexibility index (Phi) is 2.60. The summed E-state index contributed by atoms with van der Waals surface area (Å²) in [6, 6.07) is 18.7. The summed E-state index contributed by atoms with van der Waals surface area (Å²) in [4.78, 5) is 8.89. The minimum atomic E-state index is 0.821. The third-order valence-electron chi connectivity index (χ3n) is 6.35. The Labute approximate surface area is 174 Å². The topological polar surface area (TPSA) is 56.5 Å². The standard InChI is InChI=1S/C26H13N3O2/c1-2-4-21-14(3-1)17-11-18-16-5-6-20-24(25(16)31-23(18)12-22(17)30-21)15-7-8-27-13-19(15)26-28-9-10-29(20)26/h1-13H. The molecule has 5 heteroatoms. The molecule has 0 aliphatic heterocycles. The number of imidazole rings is 1. The average Bonchev–Trinajstić information content (AvgIpc) is 3.52. The molecule has 144 valence electrons. The first-order valence-electron chi connectivity index (χ1n) is 10.2. The Hall–Kier alpha value is -4.38. The molecule has 0 bridgehead atoms. The molecule has 8 aromatic rings. The van der Waals surface area contributed by atoms with Crippen molar-refractivity contribution in [3.8, 4) is 0 Å². The Morgan fingerprint density at radius 3 is 2.58 bits per heavy atom. The number of hydrogen-bond acceptors (Lipinski definition) is 4. The maximum atomic E-state index is 6.49. The molecule has 0 spiro atoms. The van der Waals surface area contributed by atoms with Crippen molar-refractivity contribution >= 4 is 71.2 Å². The highest BCUT2D eigenvalue weighted by Gasteiger charge is 2.18. The predicted molar refractivity (Wildman–Crippen MR) is 123 cm³/mol. The number of aromatic nitrogens is 3. The highest BCUT2D eigenvalue weighted by Crippen LogP contribution is 2.41. The zero-order valence-electron chi connectivity index (χ0n) is 16.2. The van der Waals surface area contributed by atoms with E-state index in [-0.39, 0.29) is 0 Å². The number of pyridine rings is 2. The van der Waals surface area contributed by atoms with Crippen molar-refractivity contribution in [1.82, 2.24) is 14.4 Å². The molecule has 0 amide bonds. The Morgan fingerprint density at radius 2 is 1.58 bits per heavy atom. The van der Waals surface area contributed by atoms with Crippen LogP contribution < -0.4 is 0 Å². The minimum Gasteiger partial charge on any atom is -0.456 e. The first kappa shape index (κ1) is 15.5. The number of rotatable bonds is 0. The van der Waals surface area contributed by atoms with Gasteiger partial charge in [0, 0.05) is 63.2 Å². The van der Waals surface area contributed by atoms with Gasteiger partial charge in [0.15, 0.2) is 0 Å². The van der Waals surface area contributed by atoms with Crippen LogP contribution in [0.3, 0.4) is 0 Å². The molecule has 0 saturated carbocycles. The van der Waals surface area contributed by atoms with Gasteiger partial charge < -0.3 is 8.83 Å². The van der Waals surface area contributed by atoms with E-state index >= 15 is 0 Å². The van der Waals surface area contributed by atoms with Crippen LogP contribution in [-0.2, 0) is 0 Å². The van der Waals surface area contributed by atoms with Crippen molar-refractivity contribution in [2.45, 2.75) is 0 Å². The normalized spacial score (nSPS) is 12.5. The van der Waals surface area contributed by atoms with E-state index in [1.807, 2.05) is 55.1 Å². The number of fused-ring (bicyclic) bond motifs is 13. The quantitative estimate of drug-likeness (QED) is 0.262. The van der Waals surface area contributed by atoms with Gasteiger partial charge in [-0.2, -0.15) is 0 Å². The molecule has 0 saturated heterocycles. The lowest BCUT2D eigenvalue weighted by Crippen LogP contribution is -1.91. The average molecular weight is 399 g/mol. The molecule has 0 atom stereocenters. The Balaban J connectivity index is 1.62. The summed E-state index contributed by atoms with van der Waals surface area (Å²) in [5.74, 6) is 0. The second-order valence-corrected chi connectivity index (χ2v) is 7.92. The first-order chi connectivity index (χ1) is 15.4. The van der Waals surface area contributed by atoms with Gasteiger partial charge in [-0.1, -0.05) is 18.2 Å². The van der Waals surface area contributed by atoms with Gasteiger partial charge in [-0.15, -0.1) is 0 Å². The number of para-hydroxylation sites is 1. The fourth-order valence-corrected chi connectivity index (χ4v) is 5.00. The zero-order valence-corrected chi connectivity index (χ0v) is 16.2. The van der Waals surface area contributed by atoms with Gasteiger partial charge in [0.2, 0.25) is 0 Å². The SMILES string of the molecule is c1ccc2c(c1)oc1cc3oc4c(ccc5c4c4ccncc4c4nccn54)c3cc12. The molecule has 0 fully saturated rings. The van der Waals surface area contributed by atoms with Crippen LogP contribution in [0.15, 0.2) is 88.2 Å². The maximum absolute atomic E-state index is 6.49. The van der Waals surface area contributed by atoms with Crippen LogP contribution in [0, 0.1) is 0 Å². The van der Waals surface area contributed by atoms with E-state index in [0.717, 1.165) is 71.2 Å². The Morgan fingerprint density at radius 1 is 0.677 bits per heavy atom. The minimum absolute atomic E-state index is 0.821. The molecule has 0 unspecified atom stereocenters. The van der Waals surface area contributed by atoms with E-state index in [9.17, 15) is 0 Å². The van der Waals surface area contributed by atoms with Crippen LogP contribution in [0.5, 0.6) is 0 Å². The lowest BCUT2D eigenvalue weighted by atomic mass is 10.0. The zero-order chi connectivity index (χ0) is 20.1. The molecule has 5 heterocycles. The van der Waals surface area contributed by atoms with E-state index in [1.54, 1.807) is 0 Å². The van der Waals surface area contributed by atoms with Crippen LogP contribution >= 0.6 is 0 Å². The third kappa shape index (κ3) is 1.82. The Bertz CT molecular complexity index is 2010. The van der Waals surface area contributed by atoms with Crippen molar-refractivity contribution < 1.29 is 8.83 Å². The molecule has 0 N–H and O–H groups in total. The van der Waals surface area contributed by atoms with E-state index in [4.69, 9.17) is 8.83 Å². The summed E-state index contributed by atoms with van der Waals surface area (Å²) in [6.45, 7) is 0. The van der Waals surface area contributed by atoms with Gasteiger partial charge in [-0.3, -0.25) is 9.38 Å². The van der Waals surface area contributed by atoms with Gasteiger partial charge in [-0.05, 0) is 30.3 Å². The van der Waals surface area contributed by atoms with Gasteiger partial charge in [0.25, 0.3) is 0 Å². The molecule has 31 heavy (non-hydrogen) atoms. The second-order valence-electron chi connectivity index (χ2n) is 7.92. The smallest absolute Gasteiger partial charge is 0.146 e. The van der Waals surface area contributed by atoms with E-state index in [0.29, 0.717) is 0 Å². The molecule has 5 aromatic heterocycles. The van der Waals surface area contributed by atoms with Gasteiger partial charge in [0.1, 0.15) is 28.0 Å². The number of hydrogen-bond donors (Lipinski definition) is 0. The van der Waals surface area contributed by atoms with Gasteiger partial charge >= 0.3 is 0 Å². The summed E-state index contributed by atoms with van der Waals surface area (Å²) in [5.41, 5.74) is 5.38. The summed E-state index contributed by atoms with van der Waals surface area (Å²) in [5, 5.41) is 7.56. The maximum Gasteiger partial charge on any atom is 0.146 e. The fraction of sp³-hybridized carbons (Fsp3) is 0. The fourth-order valence-electron chi connectivity index (χ4n) is 5.00. The third-order valence-corrected chi connectivity index (χ3v) is 6.35. The van der Waals surface area contributed by atoms with Crippen LogP contribution in [0.1, 0.15) is 0 Å². The monoisotopic (exact) mass is 399 g/mol. The molecule has 3 aromatic carbocycles. The lowest BCUT2D eigenvalue weighted by molar-refractivity contribution is 0.658. The van der Waals surface area contributed by atoms with Crippen molar-refractivity contribution in [2.24, 2.45) is 0 Å². The van der Waals surface area contributed by atoms with Crippen molar-refractivity contribution in [2.75, 3.05) is 0 Å². The number of nitrogens with zero attached hydrogens (tertiary/aromatic N) is 3. The van der Waals surface area contributed by atoms with E-state index in [1.165, 1.54) is 0 Å². The molecular weight excluding hydrogens is 386 g/mol.